The molecule has 1 aliphatic heterocycles. The molecular formula is C17H23N5O5S. The predicted molar refractivity (Wildman–Crippen MR) is 103 cm³/mol. The Balaban J connectivity index is 1.83. The van der Waals surface area contributed by atoms with E-state index in [0.29, 0.717) is 37.8 Å². The smallest absolute Gasteiger partial charge is 0.293 e. The summed E-state index contributed by atoms with van der Waals surface area (Å²) in [6.45, 7) is 5.70. The lowest BCUT2D eigenvalue weighted by atomic mass is 10.2. The molecular weight excluding hydrogens is 386 g/mol. The first-order valence-electron chi connectivity index (χ1n) is 8.82. The van der Waals surface area contributed by atoms with Crippen LogP contribution in [0.2, 0.25) is 0 Å². The van der Waals surface area contributed by atoms with Crippen LogP contribution in [0.4, 0.5) is 11.4 Å². The van der Waals surface area contributed by atoms with Crippen molar-refractivity contribution in [1.29, 1.82) is 0 Å². The van der Waals surface area contributed by atoms with Crippen molar-refractivity contribution in [1.82, 2.24) is 14.2 Å². The summed E-state index contributed by atoms with van der Waals surface area (Å²) in [6.07, 6.45) is 0. The van der Waals surface area contributed by atoms with Crippen LogP contribution in [0.5, 0.6) is 0 Å². The fraction of sp³-hybridized carbons (Fsp3) is 0.471. The molecule has 0 bridgehead atoms. The molecule has 0 radical (unpaired) electrons. The lowest BCUT2D eigenvalue weighted by molar-refractivity contribution is -0.384. The van der Waals surface area contributed by atoms with E-state index in [4.69, 9.17) is 4.42 Å². The minimum absolute atomic E-state index is 0.0860. The Bertz CT molecular complexity index is 960. The molecule has 2 heterocycles. The molecule has 3 rings (SSSR count). The third kappa shape index (κ3) is 4.16. The number of hydrogen-bond donors (Lipinski definition) is 1. The van der Waals surface area contributed by atoms with E-state index in [1.54, 1.807) is 6.92 Å². The number of likely N-dealkylation sites (N-methyl/N-ethyl adjacent to an activating group) is 1. The van der Waals surface area contributed by atoms with E-state index in [0.717, 1.165) is 11.8 Å². The van der Waals surface area contributed by atoms with Gasteiger partial charge < -0.3 is 14.6 Å². The summed E-state index contributed by atoms with van der Waals surface area (Å²) in [5.74, 6) is 1.08. The van der Waals surface area contributed by atoms with Gasteiger partial charge >= 0.3 is 0 Å². The number of nitrogens with zero attached hydrogens (tertiary/aromatic N) is 4. The highest BCUT2D eigenvalue weighted by atomic mass is 32.2. The third-order valence-corrected chi connectivity index (χ3v) is 6.66. The van der Waals surface area contributed by atoms with Crippen molar-refractivity contribution in [2.75, 3.05) is 38.5 Å². The normalized spacial score (nSPS) is 16.2. The van der Waals surface area contributed by atoms with Crippen LogP contribution in [-0.4, -0.2) is 60.8 Å². The molecule has 1 aromatic heterocycles. The highest BCUT2D eigenvalue weighted by Gasteiger charge is 2.29. The van der Waals surface area contributed by atoms with Gasteiger partial charge in [0.1, 0.15) is 11.4 Å². The average Bonchev–Trinajstić information content (AvgIpc) is 2.98. The van der Waals surface area contributed by atoms with E-state index in [-0.39, 0.29) is 22.8 Å². The van der Waals surface area contributed by atoms with Gasteiger partial charge in [-0.3, -0.25) is 10.1 Å². The van der Waals surface area contributed by atoms with Crippen molar-refractivity contribution in [2.45, 2.75) is 25.3 Å². The van der Waals surface area contributed by atoms with Crippen LogP contribution in [0.15, 0.2) is 27.5 Å². The van der Waals surface area contributed by atoms with Crippen LogP contribution < -0.4 is 5.32 Å². The number of benzene rings is 1. The second-order valence-electron chi connectivity index (χ2n) is 6.75. The molecule has 1 aromatic carbocycles. The minimum atomic E-state index is -3.78. The number of aryl methyl sites for hydroxylation is 2. The topological polar surface area (TPSA) is 122 Å². The zero-order valence-corrected chi connectivity index (χ0v) is 16.8. The molecule has 152 valence electrons. The Morgan fingerprint density at radius 2 is 1.93 bits per heavy atom. The second kappa shape index (κ2) is 7.86. The van der Waals surface area contributed by atoms with Crippen LogP contribution in [0.1, 0.15) is 17.3 Å². The van der Waals surface area contributed by atoms with Gasteiger partial charge in [-0.15, -0.1) is 0 Å². The highest BCUT2D eigenvalue weighted by molar-refractivity contribution is 7.89. The van der Waals surface area contributed by atoms with Crippen LogP contribution in [-0.2, 0) is 16.6 Å². The molecule has 0 saturated carbocycles. The number of anilines is 1. The summed E-state index contributed by atoms with van der Waals surface area (Å²) in [6, 6.07) is 3.89. The standard InChI is InChI=1S/C17H23N5O5S/c1-12-13(2)27-17(19-12)11-18-15-5-4-14(10-16(15)22(23)24)28(25,26)21-8-6-20(3)7-9-21/h4-5,10,18H,6-9,11H2,1-3H3. The summed E-state index contributed by atoms with van der Waals surface area (Å²) in [7, 11) is -1.86. The molecule has 2 aromatic rings. The van der Waals surface area contributed by atoms with Gasteiger partial charge in [0.25, 0.3) is 5.69 Å². The van der Waals surface area contributed by atoms with Crippen molar-refractivity contribution in [2.24, 2.45) is 0 Å². The van der Waals surface area contributed by atoms with E-state index < -0.39 is 14.9 Å². The number of nitro benzene ring substituents is 1. The Kier molecular flexibility index (Phi) is 5.68. The van der Waals surface area contributed by atoms with Crippen molar-refractivity contribution in [3.8, 4) is 0 Å². The van der Waals surface area contributed by atoms with Gasteiger partial charge in [-0.1, -0.05) is 0 Å². The molecule has 0 spiro atoms. The fourth-order valence-electron chi connectivity index (χ4n) is 2.94. The van der Waals surface area contributed by atoms with E-state index in [1.807, 2.05) is 18.9 Å². The van der Waals surface area contributed by atoms with Gasteiger partial charge in [-0.25, -0.2) is 13.4 Å². The van der Waals surface area contributed by atoms with Crippen LogP contribution in [0, 0.1) is 24.0 Å². The zero-order valence-electron chi connectivity index (χ0n) is 16.0. The first-order chi connectivity index (χ1) is 13.2. The number of piperazine rings is 1. The Morgan fingerprint density at radius 1 is 1.25 bits per heavy atom. The van der Waals surface area contributed by atoms with E-state index in [1.165, 1.54) is 16.4 Å². The van der Waals surface area contributed by atoms with Gasteiger partial charge in [0, 0.05) is 32.2 Å². The lowest BCUT2D eigenvalue weighted by Crippen LogP contribution is -2.47. The van der Waals surface area contributed by atoms with Crippen LogP contribution in [0.25, 0.3) is 0 Å². The average molecular weight is 409 g/mol. The molecule has 0 aliphatic carbocycles. The van der Waals surface area contributed by atoms with Gasteiger partial charge in [-0.2, -0.15) is 4.31 Å². The molecule has 11 heteroatoms. The van der Waals surface area contributed by atoms with E-state index in [2.05, 4.69) is 10.3 Å². The summed E-state index contributed by atoms with van der Waals surface area (Å²) in [4.78, 5) is 17.1. The molecule has 1 fully saturated rings. The van der Waals surface area contributed by atoms with Gasteiger partial charge in [0.05, 0.1) is 22.1 Å². The van der Waals surface area contributed by atoms with Crippen molar-refractivity contribution < 1.29 is 17.8 Å². The predicted octanol–water partition coefficient (Wildman–Crippen LogP) is 1.75. The second-order valence-corrected chi connectivity index (χ2v) is 8.68. The number of rotatable bonds is 6. The molecule has 0 atom stereocenters. The molecule has 0 unspecified atom stereocenters. The maximum Gasteiger partial charge on any atom is 0.293 e. The number of aromatic nitrogens is 1. The summed E-state index contributed by atoms with van der Waals surface area (Å²) in [5, 5.41) is 14.4. The maximum absolute atomic E-state index is 12.8. The highest BCUT2D eigenvalue weighted by Crippen LogP contribution is 2.29. The molecule has 1 aliphatic rings. The summed E-state index contributed by atoms with van der Waals surface area (Å²) in [5.41, 5.74) is 0.644. The molecule has 10 nitrogen and oxygen atoms in total. The maximum atomic E-state index is 12.8. The lowest BCUT2D eigenvalue weighted by Gasteiger charge is -2.31. The number of hydrogen-bond acceptors (Lipinski definition) is 8. The summed E-state index contributed by atoms with van der Waals surface area (Å²) >= 11 is 0. The Hall–Kier alpha value is -2.50. The first-order valence-corrected chi connectivity index (χ1v) is 10.3. The van der Waals surface area contributed by atoms with Gasteiger partial charge in [0.15, 0.2) is 0 Å². The minimum Gasteiger partial charge on any atom is -0.444 e. The zero-order chi connectivity index (χ0) is 20.5. The first kappa shape index (κ1) is 20.2. The molecule has 28 heavy (non-hydrogen) atoms. The SMILES string of the molecule is Cc1nc(CNc2ccc(S(=O)(=O)N3CCN(C)CC3)cc2[N+](=O)[O-])oc1C. The number of oxazole rings is 1. The third-order valence-electron chi connectivity index (χ3n) is 4.77. The van der Waals surface area contributed by atoms with E-state index >= 15 is 0 Å². The van der Waals surface area contributed by atoms with Crippen LogP contribution in [0.3, 0.4) is 0 Å². The number of nitrogens with one attached hydrogen (secondary N) is 1. The van der Waals surface area contributed by atoms with Crippen LogP contribution >= 0.6 is 0 Å². The summed E-state index contributed by atoms with van der Waals surface area (Å²) < 4.78 is 32.5. The van der Waals surface area contributed by atoms with Gasteiger partial charge in [0.2, 0.25) is 15.9 Å². The Morgan fingerprint density at radius 3 is 2.50 bits per heavy atom. The van der Waals surface area contributed by atoms with E-state index in [9.17, 15) is 18.5 Å². The van der Waals surface area contributed by atoms with Crippen molar-refractivity contribution in [3.05, 3.63) is 45.7 Å². The fourth-order valence-corrected chi connectivity index (χ4v) is 4.38. The monoisotopic (exact) mass is 409 g/mol. The van der Waals surface area contributed by atoms with Crippen molar-refractivity contribution in [3.63, 3.8) is 0 Å². The van der Waals surface area contributed by atoms with Gasteiger partial charge in [-0.05, 0) is 33.0 Å². The number of sulfonamides is 1. The number of nitro groups is 1. The largest absolute Gasteiger partial charge is 0.444 e. The molecule has 1 saturated heterocycles. The molecule has 1 N–H and O–H groups in total. The van der Waals surface area contributed by atoms with Crippen molar-refractivity contribution >= 4 is 21.4 Å². The Labute approximate surface area is 163 Å². The quantitative estimate of drug-likeness (QED) is 0.566. The molecule has 0 amide bonds.